The van der Waals surface area contributed by atoms with E-state index in [0.29, 0.717) is 24.3 Å². The minimum Gasteiger partial charge on any atom is -0.486 e. The summed E-state index contributed by atoms with van der Waals surface area (Å²) in [4.78, 5) is 10.0. The van der Waals surface area contributed by atoms with Crippen molar-refractivity contribution in [3.63, 3.8) is 0 Å². The topological polar surface area (TPSA) is 85.9 Å². The second-order valence-corrected chi connectivity index (χ2v) is 8.97. The molecule has 0 aliphatic rings. The van der Waals surface area contributed by atoms with Gasteiger partial charge in [0.05, 0.1) is 11.6 Å². The second-order valence-electron chi connectivity index (χ2n) is 6.56. The van der Waals surface area contributed by atoms with Crippen LogP contribution in [0.15, 0.2) is 41.3 Å². The van der Waals surface area contributed by atoms with Crippen LogP contribution in [0.4, 0.5) is 28.2 Å². The van der Waals surface area contributed by atoms with Gasteiger partial charge in [0.2, 0.25) is 0 Å². The molecule has 31 heavy (non-hydrogen) atoms. The number of rotatable bonds is 6. The number of nitriles is 2. The molecule has 2 aromatic rings. The van der Waals surface area contributed by atoms with Crippen LogP contribution < -0.4 is 10.1 Å². The van der Waals surface area contributed by atoms with Crippen molar-refractivity contribution < 1.29 is 37.7 Å². The highest BCUT2D eigenvalue weighted by molar-refractivity contribution is 8.45. The predicted octanol–water partition coefficient (Wildman–Crippen LogP) is 5.58. The highest BCUT2D eigenvalue weighted by atomic mass is 32.5. The first kappa shape index (κ1) is 23.8. The van der Waals surface area contributed by atoms with Gasteiger partial charge in [0, 0.05) is 11.6 Å². The Labute approximate surface area is 171 Å². The maximum absolute atomic E-state index is 13.9. The number of nitrogens with zero attached hydrogens (tertiary/aromatic N) is 2. The Morgan fingerprint density at radius 3 is 2.16 bits per heavy atom. The third kappa shape index (κ3) is 5.79. The summed E-state index contributed by atoms with van der Waals surface area (Å²) in [5.74, 6) is -4.08. The third-order valence-electron chi connectivity index (χ3n) is 3.83. The van der Waals surface area contributed by atoms with Crippen molar-refractivity contribution in [3.8, 4) is 17.9 Å². The smallest absolute Gasteiger partial charge is 0.310 e. The average Bonchev–Trinajstić information content (AvgIpc) is 2.65. The third-order valence-corrected chi connectivity index (χ3v) is 5.00. The lowest BCUT2D eigenvalue weighted by atomic mass is 10.0. The maximum atomic E-state index is 13.9. The van der Waals surface area contributed by atoms with Crippen LogP contribution in [0.2, 0.25) is 0 Å². The normalized spacial score (nSPS) is 15.4. The van der Waals surface area contributed by atoms with E-state index < -0.39 is 61.7 Å². The summed E-state index contributed by atoms with van der Waals surface area (Å²) in [6.07, 6.45) is 0. The van der Waals surface area contributed by atoms with Gasteiger partial charge in [0.1, 0.15) is 23.4 Å². The van der Waals surface area contributed by atoms with E-state index in [0.717, 1.165) is 6.92 Å². The Morgan fingerprint density at radius 2 is 1.68 bits per heavy atom. The lowest BCUT2D eigenvalue weighted by Crippen LogP contribution is -2.49. The summed E-state index contributed by atoms with van der Waals surface area (Å²) in [5, 5.41) is 20.4. The first-order valence-electron chi connectivity index (χ1n) is 8.08. The zero-order valence-electron chi connectivity index (χ0n) is 15.4. The van der Waals surface area contributed by atoms with Gasteiger partial charge >= 0.3 is 10.2 Å². The van der Waals surface area contributed by atoms with E-state index in [1.807, 2.05) is 0 Å². The number of carbonyl (C=O) groups is 1. The quantitative estimate of drug-likeness (QED) is 0.562. The van der Waals surface area contributed by atoms with Crippen LogP contribution in [0.25, 0.3) is 0 Å². The van der Waals surface area contributed by atoms with Crippen molar-refractivity contribution in [2.75, 3.05) is 6.61 Å². The van der Waals surface area contributed by atoms with Crippen LogP contribution in [-0.4, -0.2) is 18.1 Å². The zero-order valence-corrected chi connectivity index (χ0v) is 16.3. The van der Waals surface area contributed by atoms with Gasteiger partial charge in [0.25, 0.3) is 5.91 Å². The molecule has 0 saturated carbocycles. The minimum atomic E-state index is -9.92. The molecule has 1 unspecified atom stereocenters. The van der Waals surface area contributed by atoms with Crippen LogP contribution in [0.1, 0.15) is 22.8 Å². The van der Waals surface area contributed by atoms with Gasteiger partial charge in [-0.1, -0.05) is 19.4 Å². The van der Waals surface area contributed by atoms with Gasteiger partial charge in [-0.05, 0) is 37.3 Å². The van der Waals surface area contributed by atoms with Crippen LogP contribution in [0, 0.1) is 34.3 Å². The summed E-state index contributed by atoms with van der Waals surface area (Å²) in [7, 11) is -9.92. The molecular weight excluding hydrogens is 455 g/mol. The van der Waals surface area contributed by atoms with Gasteiger partial charge in [0.15, 0.2) is 17.1 Å². The largest absolute Gasteiger partial charge is 0.486 e. The van der Waals surface area contributed by atoms with Crippen molar-refractivity contribution in [2.24, 2.45) is 0 Å². The Hall–Kier alpha value is -3.45. The lowest BCUT2D eigenvalue weighted by molar-refractivity contribution is 0.0899. The number of nitrogens with one attached hydrogen (secondary N) is 1. The monoisotopic (exact) mass is 467 g/mol. The highest BCUT2D eigenvalue weighted by Gasteiger charge is 2.65. The highest BCUT2D eigenvalue weighted by Crippen LogP contribution is 3.02. The van der Waals surface area contributed by atoms with Crippen molar-refractivity contribution in [1.29, 1.82) is 10.5 Å². The van der Waals surface area contributed by atoms with Gasteiger partial charge in [-0.3, -0.25) is 4.79 Å². The molecule has 0 heterocycles. The Balaban J connectivity index is 2.20. The van der Waals surface area contributed by atoms with Crippen LogP contribution in [-0.2, 0) is 0 Å². The van der Waals surface area contributed by atoms with Crippen molar-refractivity contribution in [2.45, 2.75) is 17.4 Å². The molecule has 0 spiro atoms. The van der Waals surface area contributed by atoms with Gasteiger partial charge in [-0.15, -0.1) is 0 Å². The fourth-order valence-corrected chi connectivity index (χ4v) is 2.94. The molecule has 13 heteroatoms. The van der Waals surface area contributed by atoms with E-state index in [2.05, 4.69) is 5.32 Å². The number of ether oxygens (including phenoxy) is 1. The number of hydrogen-bond acceptors (Lipinski definition) is 4. The summed E-state index contributed by atoms with van der Waals surface area (Å²) in [5.41, 5.74) is -2.88. The molecule has 0 radical (unpaired) electrons. The number of hydrogen-bond donors (Lipinski definition) is 1. The summed E-state index contributed by atoms with van der Waals surface area (Å²) in [6, 6.07) is 5.29. The second kappa shape index (κ2) is 7.06. The first-order valence-corrected chi connectivity index (χ1v) is 10.0. The molecule has 1 N–H and O–H groups in total. The first-order chi connectivity index (χ1) is 14.0. The predicted molar refractivity (Wildman–Crippen MR) is 95.9 cm³/mol. The minimum absolute atomic E-state index is 0.0315. The molecule has 2 aromatic carbocycles. The van der Waals surface area contributed by atoms with Crippen LogP contribution in [0.5, 0.6) is 5.75 Å². The van der Waals surface area contributed by atoms with Gasteiger partial charge in [-0.25, -0.2) is 8.78 Å². The van der Waals surface area contributed by atoms with E-state index in [1.54, 1.807) is 6.07 Å². The van der Waals surface area contributed by atoms with Crippen molar-refractivity contribution >= 4 is 16.1 Å². The number of benzene rings is 2. The Bertz CT molecular complexity index is 1120. The van der Waals surface area contributed by atoms with Crippen LogP contribution >= 0.6 is 10.2 Å². The fraction of sp³-hybridized carbons (Fsp3) is 0.167. The average molecular weight is 467 g/mol. The number of halogens is 7. The molecule has 0 fully saturated rings. The molecule has 1 amide bonds. The lowest BCUT2D eigenvalue weighted by Gasteiger charge is -2.40. The zero-order chi connectivity index (χ0) is 23.7. The molecule has 0 aliphatic carbocycles. The standard InChI is InChI=1S/C18H12F7N3O2S/c1-18(9-27,10-30-16-12(8-26)6-13(19)7-15(16)20)28-17(29)11-2-4-14(5-3-11)31(21,22,23,24)25/h2-7H,10H2,1H3,(H,28,29). The summed E-state index contributed by atoms with van der Waals surface area (Å²) < 4.78 is 95.8. The van der Waals surface area contributed by atoms with E-state index in [9.17, 15) is 38.3 Å². The molecule has 0 aromatic heterocycles. The molecular formula is C18H12F7N3O2S. The number of carbonyl (C=O) groups excluding carboxylic acids is 1. The molecule has 0 bridgehead atoms. The van der Waals surface area contributed by atoms with E-state index in [1.165, 1.54) is 6.07 Å². The Morgan fingerprint density at radius 1 is 1.10 bits per heavy atom. The van der Waals surface area contributed by atoms with E-state index in [-0.39, 0.29) is 12.1 Å². The fourth-order valence-electron chi connectivity index (χ4n) is 2.29. The Kier molecular flexibility index (Phi) is 5.43. The van der Waals surface area contributed by atoms with Gasteiger partial charge < -0.3 is 10.1 Å². The van der Waals surface area contributed by atoms with E-state index >= 15 is 0 Å². The molecule has 5 nitrogen and oxygen atoms in total. The number of amides is 1. The molecule has 0 saturated heterocycles. The molecule has 166 valence electrons. The molecule has 0 aliphatic heterocycles. The van der Waals surface area contributed by atoms with E-state index in [4.69, 9.17) is 10.00 Å². The SMILES string of the molecule is CC(C#N)(COc1c(F)cc(F)cc1C#N)NC(=O)c1ccc(S(F)(F)(F)(F)F)cc1. The van der Waals surface area contributed by atoms with Gasteiger partial charge in [-0.2, -0.15) is 10.5 Å². The van der Waals surface area contributed by atoms with Crippen LogP contribution in [0.3, 0.4) is 0 Å². The summed E-state index contributed by atoms with van der Waals surface area (Å²) in [6.45, 7) is 0.372. The maximum Gasteiger partial charge on any atom is 0.310 e. The summed E-state index contributed by atoms with van der Waals surface area (Å²) >= 11 is 0. The molecule has 1 atom stereocenters. The molecule has 2 rings (SSSR count). The van der Waals surface area contributed by atoms with Crippen molar-refractivity contribution in [1.82, 2.24) is 5.32 Å². The van der Waals surface area contributed by atoms with Crippen molar-refractivity contribution in [3.05, 3.63) is 59.2 Å².